The van der Waals surface area contributed by atoms with Crippen molar-refractivity contribution in [3.8, 4) is 0 Å². The van der Waals surface area contributed by atoms with Crippen LogP contribution in [-0.4, -0.2) is 23.3 Å². The smallest absolute Gasteiger partial charge is 0.274 e. The number of nitrogens with one attached hydrogen (secondary N) is 2. The zero-order valence-corrected chi connectivity index (χ0v) is 15.3. The summed E-state index contributed by atoms with van der Waals surface area (Å²) in [7, 11) is 0. The average Bonchev–Trinajstić information content (AvgIpc) is 2.57. The molecule has 1 heterocycles. The van der Waals surface area contributed by atoms with E-state index in [-0.39, 0.29) is 11.6 Å². The van der Waals surface area contributed by atoms with Crippen molar-refractivity contribution < 1.29 is 9.59 Å². The molecule has 0 saturated carbocycles. The molecule has 0 radical (unpaired) electrons. The maximum Gasteiger partial charge on any atom is 0.274 e. The lowest BCUT2D eigenvalue weighted by molar-refractivity contribution is 0.0953. The van der Waals surface area contributed by atoms with Gasteiger partial charge in [0.2, 0.25) is 0 Å². The Morgan fingerprint density at radius 2 is 1.76 bits per heavy atom. The van der Waals surface area contributed by atoms with Crippen molar-refractivity contribution in [3.63, 3.8) is 0 Å². The Hall–Kier alpha value is -2.11. The third-order valence-electron chi connectivity index (χ3n) is 3.44. The second-order valence-corrected chi connectivity index (χ2v) is 6.38. The third-order valence-corrected chi connectivity index (χ3v) is 3.88. The summed E-state index contributed by atoms with van der Waals surface area (Å²) in [4.78, 5) is 28.5. The Kier molecular flexibility index (Phi) is 7.22. The second kappa shape index (κ2) is 9.39. The normalized spacial score (nSPS) is 10.4. The van der Waals surface area contributed by atoms with E-state index in [1.807, 2.05) is 0 Å². The fraction of sp³-hybridized carbons (Fsp3) is 0.278. The molecule has 2 N–H and O–H groups in total. The topological polar surface area (TPSA) is 71.1 Å². The number of benzene rings is 1. The molecule has 1 aromatic heterocycles. The first kappa shape index (κ1) is 19.2. The Morgan fingerprint density at radius 1 is 1.04 bits per heavy atom. The van der Waals surface area contributed by atoms with Gasteiger partial charge in [0.15, 0.2) is 0 Å². The van der Waals surface area contributed by atoms with Crippen molar-refractivity contribution >= 4 is 40.7 Å². The molecule has 0 aliphatic rings. The molecule has 0 fully saturated rings. The van der Waals surface area contributed by atoms with E-state index in [0.29, 0.717) is 27.8 Å². The van der Waals surface area contributed by atoms with Crippen LogP contribution in [0.1, 0.15) is 47.0 Å². The van der Waals surface area contributed by atoms with Crippen LogP contribution >= 0.6 is 23.2 Å². The number of nitrogens with zero attached hydrogens (tertiary/aromatic N) is 1. The molecule has 0 unspecified atom stereocenters. The Bertz CT molecular complexity index is 745. The molecule has 0 atom stereocenters. The number of rotatable bonds is 7. The zero-order chi connectivity index (χ0) is 18.2. The van der Waals surface area contributed by atoms with Gasteiger partial charge < -0.3 is 10.6 Å². The van der Waals surface area contributed by atoms with Crippen LogP contribution in [0.3, 0.4) is 0 Å². The first-order valence-corrected chi connectivity index (χ1v) is 8.77. The van der Waals surface area contributed by atoms with Crippen molar-refractivity contribution in [1.82, 2.24) is 10.3 Å². The minimum absolute atomic E-state index is 0.136. The number of aromatic nitrogens is 1. The molecule has 0 spiro atoms. The molecule has 5 nitrogen and oxygen atoms in total. The van der Waals surface area contributed by atoms with E-state index in [0.717, 1.165) is 19.3 Å². The number of unbranched alkanes of at least 4 members (excludes halogenated alkanes) is 2. The molecule has 0 aliphatic carbocycles. The molecule has 2 aromatic rings. The number of halogens is 2. The number of amides is 2. The predicted octanol–water partition coefficient (Wildman–Crippen LogP) is 4.56. The molecule has 2 amide bonds. The lowest BCUT2D eigenvalue weighted by Crippen LogP contribution is -2.25. The van der Waals surface area contributed by atoms with Gasteiger partial charge in [-0.2, -0.15) is 0 Å². The van der Waals surface area contributed by atoms with E-state index < -0.39 is 5.91 Å². The monoisotopic (exact) mass is 379 g/mol. The van der Waals surface area contributed by atoms with Gasteiger partial charge in [-0.15, -0.1) is 0 Å². The summed E-state index contributed by atoms with van der Waals surface area (Å²) in [6.45, 7) is 2.71. The molecule has 7 heteroatoms. The maximum absolute atomic E-state index is 12.3. The molecule has 1 aromatic carbocycles. The van der Waals surface area contributed by atoms with Crippen LogP contribution in [0.15, 0.2) is 36.5 Å². The van der Waals surface area contributed by atoms with E-state index in [4.69, 9.17) is 23.2 Å². The maximum atomic E-state index is 12.3. The highest BCUT2D eigenvalue weighted by Crippen LogP contribution is 2.22. The lowest BCUT2D eigenvalue weighted by Gasteiger charge is -2.08. The minimum Gasteiger partial charge on any atom is -0.352 e. The SMILES string of the molecule is CCCCCNC(=O)c1ccnc(C(=O)Nc2cc(Cl)cc(Cl)c2)c1. The van der Waals surface area contributed by atoms with E-state index in [1.54, 1.807) is 24.3 Å². The molecule has 0 bridgehead atoms. The Labute approximate surface area is 156 Å². The van der Waals surface area contributed by atoms with Crippen LogP contribution in [0.25, 0.3) is 0 Å². The lowest BCUT2D eigenvalue weighted by atomic mass is 10.2. The van der Waals surface area contributed by atoms with Crippen LogP contribution in [-0.2, 0) is 0 Å². The van der Waals surface area contributed by atoms with Crippen molar-refractivity contribution in [3.05, 3.63) is 57.8 Å². The fourth-order valence-electron chi connectivity index (χ4n) is 2.20. The van der Waals surface area contributed by atoms with Gasteiger partial charge in [0.1, 0.15) is 5.69 Å². The molecule has 2 rings (SSSR count). The highest BCUT2D eigenvalue weighted by Gasteiger charge is 2.12. The van der Waals surface area contributed by atoms with Gasteiger partial charge in [-0.3, -0.25) is 14.6 Å². The Morgan fingerprint density at radius 3 is 2.44 bits per heavy atom. The first-order chi connectivity index (χ1) is 12.0. The molecule has 25 heavy (non-hydrogen) atoms. The molecule has 0 saturated heterocycles. The Balaban J connectivity index is 2.04. The summed E-state index contributed by atoms with van der Waals surface area (Å²) < 4.78 is 0. The number of carbonyl (C=O) groups is 2. The van der Waals surface area contributed by atoms with Crippen molar-refractivity contribution in [1.29, 1.82) is 0 Å². The summed E-state index contributed by atoms with van der Waals surface area (Å²) >= 11 is 11.8. The predicted molar refractivity (Wildman–Crippen MR) is 101 cm³/mol. The molecular formula is C18H19Cl2N3O2. The summed E-state index contributed by atoms with van der Waals surface area (Å²) in [6, 6.07) is 7.75. The second-order valence-electron chi connectivity index (χ2n) is 5.51. The number of pyridine rings is 1. The van der Waals surface area contributed by atoms with E-state index in [2.05, 4.69) is 22.5 Å². The fourth-order valence-corrected chi connectivity index (χ4v) is 2.72. The largest absolute Gasteiger partial charge is 0.352 e. The van der Waals surface area contributed by atoms with Crippen LogP contribution < -0.4 is 10.6 Å². The van der Waals surface area contributed by atoms with E-state index in [9.17, 15) is 9.59 Å². The summed E-state index contributed by atoms with van der Waals surface area (Å²) in [5.41, 5.74) is 0.983. The van der Waals surface area contributed by atoms with Gasteiger partial charge in [0, 0.05) is 34.0 Å². The summed E-state index contributed by atoms with van der Waals surface area (Å²) in [5, 5.41) is 6.32. The van der Waals surface area contributed by atoms with Crippen molar-refractivity contribution in [2.75, 3.05) is 11.9 Å². The minimum atomic E-state index is -0.445. The van der Waals surface area contributed by atoms with E-state index >= 15 is 0 Å². The summed E-state index contributed by atoms with van der Waals surface area (Å²) in [5.74, 6) is -0.669. The van der Waals surface area contributed by atoms with Crippen LogP contribution in [0.5, 0.6) is 0 Å². The number of anilines is 1. The van der Waals surface area contributed by atoms with Crippen molar-refractivity contribution in [2.24, 2.45) is 0 Å². The van der Waals surface area contributed by atoms with E-state index in [1.165, 1.54) is 12.3 Å². The van der Waals surface area contributed by atoms with Crippen LogP contribution in [0.2, 0.25) is 10.0 Å². The van der Waals surface area contributed by atoms with Gasteiger partial charge in [-0.1, -0.05) is 43.0 Å². The summed E-state index contributed by atoms with van der Waals surface area (Å²) in [6.07, 6.45) is 4.51. The molecule has 0 aliphatic heterocycles. The van der Waals surface area contributed by atoms with Gasteiger partial charge in [-0.25, -0.2) is 0 Å². The zero-order valence-electron chi connectivity index (χ0n) is 13.8. The van der Waals surface area contributed by atoms with Gasteiger partial charge in [-0.05, 0) is 36.8 Å². The number of hydrogen-bond acceptors (Lipinski definition) is 3. The van der Waals surface area contributed by atoms with Crippen molar-refractivity contribution in [2.45, 2.75) is 26.2 Å². The molecule has 132 valence electrons. The van der Waals surface area contributed by atoms with Gasteiger partial charge in [0.25, 0.3) is 11.8 Å². The third kappa shape index (κ3) is 6.03. The quantitative estimate of drug-likeness (QED) is 0.692. The standard InChI is InChI=1S/C18H19Cl2N3O2/c1-2-3-4-6-22-17(24)12-5-7-21-16(8-12)18(25)23-15-10-13(19)9-14(20)11-15/h5,7-11H,2-4,6H2,1H3,(H,22,24)(H,23,25). The average molecular weight is 380 g/mol. The van der Waals surface area contributed by atoms with Crippen LogP contribution in [0.4, 0.5) is 5.69 Å². The highest BCUT2D eigenvalue weighted by atomic mass is 35.5. The molecular weight excluding hydrogens is 361 g/mol. The van der Waals surface area contributed by atoms with Gasteiger partial charge >= 0.3 is 0 Å². The first-order valence-electron chi connectivity index (χ1n) is 8.01. The van der Waals surface area contributed by atoms with Crippen LogP contribution in [0, 0.1) is 0 Å². The number of hydrogen-bond donors (Lipinski definition) is 2. The van der Waals surface area contributed by atoms with Gasteiger partial charge in [0.05, 0.1) is 0 Å². The highest BCUT2D eigenvalue weighted by molar-refractivity contribution is 6.35. The number of carbonyl (C=O) groups excluding carboxylic acids is 2.